The Hall–Kier alpha value is -2.67. The van der Waals surface area contributed by atoms with Crippen LogP contribution in [0.2, 0.25) is 0 Å². The van der Waals surface area contributed by atoms with E-state index < -0.39 is 5.97 Å². The first-order valence-corrected chi connectivity index (χ1v) is 8.20. The first-order chi connectivity index (χ1) is 11.5. The summed E-state index contributed by atoms with van der Waals surface area (Å²) in [7, 11) is 0. The van der Waals surface area contributed by atoms with Crippen molar-refractivity contribution >= 4 is 27.5 Å². The number of rotatable bonds is 5. The molecular formula is C17H16N2O4S. The summed E-state index contributed by atoms with van der Waals surface area (Å²) < 4.78 is 7.07. The number of fused-ring (bicyclic) bond motifs is 1. The van der Waals surface area contributed by atoms with Crippen LogP contribution in [-0.4, -0.2) is 27.2 Å². The molecule has 0 spiro atoms. The summed E-state index contributed by atoms with van der Waals surface area (Å²) >= 11 is 1.02. The van der Waals surface area contributed by atoms with Gasteiger partial charge in [0.05, 0.1) is 18.3 Å². The van der Waals surface area contributed by atoms with Crippen LogP contribution in [0.1, 0.15) is 20.8 Å². The maximum absolute atomic E-state index is 12.6. The van der Waals surface area contributed by atoms with E-state index >= 15 is 0 Å². The number of carboxylic acid groups (broad SMARTS) is 1. The van der Waals surface area contributed by atoms with Crippen molar-refractivity contribution in [1.82, 2.24) is 9.55 Å². The second-order valence-electron chi connectivity index (χ2n) is 5.45. The van der Waals surface area contributed by atoms with Crippen molar-refractivity contribution < 1.29 is 14.6 Å². The van der Waals surface area contributed by atoms with Crippen molar-refractivity contribution in [3.05, 3.63) is 57.0 Å². The third-order valence-electron chi connectivity index (χ3n) is 3.73. The van der Waals surface area contributed by atoms with Crippen molar-refractivity contribution in [2.75, 3.05) is 6.61 Å². The van der Waals surface area contributed by atoms with E-state index in [9.17, 15) is 9.59 Å². The zero-order valence-electron chi connectivity index (χ0n) is 13.3. The number of aromatic nitrogens is 2. The van der Waals surface area contributed by atoms with Crippen molar-refractivity contribution in [3.8, 4) is 5.75 Å². The minimum Gasteiger partial charge on any atom is -0.492 e. The molecule has 2 heterocycles. The molecule has 2 aromatic heterocycles. The van der Waals surface area contributed by atoms with E-state index in [1.807, 2.05) is 31.2 Å². The van der Waals surface area contributed by atoms with Gasteiger partial charge in [-0.05, 0) is 31.5 Å². The van der Waals surface area contributed by atoms with E-state index in [1.165, 1.54) is 10.9 Å². The van der Waals surface area contributed by atoms with E-state index in [2.05, 4.69) is 4.98 Å². The summed E-state index contributed by atoms with van der Waals surface area (Å²) in [4.78, 5) is 28.6. The van der Waals surface area contributed by atoms with Crippen LogP contribution in [0.25, 0.3) is 10.2 Å². The molecule has 1 N–H and O–H groups in total. The summed E-state index contributed by atoms with van der Waals surface area (Å²) in [6.07, 6.45) is 1.44. The first-order valence-electron chi connectivity index (χ1n) is 7.38. The molecular weight excluding hydrogens is 328 g/mol. The van der Waals surface area contributed by atoms with Crippen LogP contribution in [0.3, 0.4) is 0 Å². The van der Waals surface area contributed by atoms with Gasteiger partial charge in [-0.1, -0.05) is 17.7 Å². The average molecular weight is 344 g/mol. The molecule has 0 aliphatic carbocycles. The van der Waals surface area contributed by atoms with Gasteiger partial charge in [-0.2, -0.15) is 0 Å². The smallest absolute Gasteiger partial charge is 0.346 e. The van der Waals surface area contributed by atoms with Gasteiger partial charge in [-0.25, -0.2) is 9.78 Å². The highest BCUT2D eigenvalue weighted by molar-refractivity contribution is 7.20. The molecule has 0 amide bonds. The summed E-state index contributed by atoms with van der Waals surface area (Å²) in [6.45, 7) is 4.30. The molecule has 0 fully saturated rings. The fourth-order valence-electron chi connectivity index (χ4n) is 2.42. The number of aryl methyl sites for hydroxylation is 2. The Morgan fingerprint density at radius 3 is 2.67 bits per heavy atom. The highest BCUT2D eigenvalue weighted by Crippen LogP contribution is 2.26. The molecule has 124 valence electrons. The zero-order chi connectivity index (χ0) is 17.3. The van der Waals surface area contributed by atoms with Crippen molar-refractivity contribution in [2.24, 2.45) is 0 Å². The summed E-state index contributed by atoms with van der Waals surface area (Å²) in [6, 6.07) is 7.66. The average Bonchev–Trinajstić information content (AvgIpc) is 2.89. The fraction of sp³-hybridized carbons (Fsp3) is 0.235. The maximum atomic E-state index is 12.6. The quantitative estimate of drug-likeness (QED) is 0.770. The number of ether oxygens (including phenoxy) is 1. The Labute approximate surface area is 142 Å². The number of aromatic carboxylic acids is 1. The van der Waals surface area contributed by atoms with Crippen LogP contribution in [0.4, 0.5) is 0 Å². The monoisotopic (exact) mass is 344 g/mol. The number of carboxylic acids is 1. The Bertz CT molecular complexity index is 957. The molecule has 0 radical (unpaired) electrons. The van der Waals surface area contributed by atoms with Crippen LogP contribution in [0.15, 0.2) is 35.4 Å². The third kappa shape index (κ3) is 3.03. The number of hydrogen-bond acceptors (Lipinski definition) is 5. The Morgan fingerprint density at radius 1 is 1.29 bits per heavy atom. The van der Waals surface area contributed by atoms with Gasteiger partial charge >= 0.3 is 5.97 Å². The molecule has 1 aromatic carbocycles. The van der Waals surface area contributed by atoms with E-state index in [-0.39, 0.29) is 10.4 Å². The van der Waals surface area contributed by atoms with Gasteiger partial charge < -0.3 is 9.84 Å². The van der Waals surface area contributed by atoms with E-state index in [0.29, 0.717) is 28.9 Å². The highest BCUT2D eigenvalue weighted by Gasteiger charge is 2.18. The second kappa shape index (κ2) is 6.45. The van der Waals surface area contributed by atoms with Crippen LogP contribution in [-0.2, 0) is 6.54 Å². The highest BCUT2D eigenvalue weighted by atomic mass is 32.1. The molecule has 0 bridgehead atoms. The zero-order valence-corrected chi connectivity index (χ0v) is 14.1. The Balaban J connectivity index is 1.81. The summed E-state index contributed by atoms with van der Waals surface area (Å²) in [5.74, 6) is -0.299. The number of thiophene rings is 1. The molecule has 7 heteroatoms. The Morgan fingerprint density at radius 2 is 2.00 bits per heavy atom. The largest absolute Gasteiger partial charge is 0.492 e. The van der Waals surface area contributed by atoms with Gasteiger partial charge in [0.25, 0.3) is 5.56 Å². The van der Waals surface area contributed by atoms with Crippen LogP contribution in [0.5, 0.6) is 5.75 Å². The lowest BCUT2D eigenvalue weighted by atomic mass is 10.2. The number of carbonyl (C=O) groups is 1. The van der Waals surface area contributed by atoms with Gasteiger partial charge in [-0.15, -0.1) is 11.3 Å². The van der Waals surface area contributed by atoms with E-state index in [4.69, 9.17) is 9.84 Å². The minimum atomic E-state index is -1.04. The molecule has 0 aliphatic rings. The van der Waals surface area contributed by atoms with Crippen LogP contribution >= 0.6 is 11.3 Å². The third-order valence-corrected chi connectivity index (χ3v) is 4.92. The van der Waals surface area contributed by atoms with Crippen LogP contribution in [0, 0.1) is 13.8 Å². The molecule has 6 nitrogen and oxygen atoms in total. The van der Waals surface area contributed by atoms with Gasteiger partial charge in [0.1, 0.15) is 22.1 Å². The van der Waals surface area contributed by atoms with Crippen LogP contribution < -0.4 is 10.3 Å². The molecule has 0 atom stereocenters. The van der Waals surface area contributed by atoms with E-state index in [0.717, 1.165) is 22.6 Å². The normalized spacial score (nSPS) is 10.9. The molecule has 0 saturated heterocycles. The minimum absolute atomic E-state index is 0.156. The predicted octanol–water partition coefficient (Wildman–Crippen LogP) is 2.85. The molecule has 0 aliphatic heterocycles. The number of hydrogen-bond donors (Lipinski definition) is 1. The first kappa shape index (κ1) is 16.2. The van der Waals surface area contributed by atoms with Crippen molar-refractivity contribution in [1.29, 1.82) is 0 Å². The Kier molecular flexibility index (Phi) is 4.35. The van der Waals surface area contributed by atoms with Gasteiger partial charge in [0, 0.05) is 0 Å². The van der Waals surface area contributed by atoms with Crippen molar-refractivity contribution in [2.45, 2.75) is 20.4 Å². The number of nitrogens with zero attached hydrogens (tertiary/aromatic N) is 2. The van der Waals surface area contributed by atoms with Gasteiger partial charge in [-0.3, -0.25) is 9.36 Å². The topological polar surface area (TPSA) is 81.4 Å². The summed E-state index contributed by atoms with van der Waals surface area (Å²) in [5, 5.41) is 9.54. The maximum Gasteiger partial charge on any atom is 0.346 e. The lowest BCUT2D eigenvalue weighted by molar-refractivity contribution is 0.0701. The lowest BCUT2D eigenvalue weighted by Crippen LogP contribution is -2.23. The predicted molar refractivity (Wildman–Crippen MR) is 92.3 cm³/mol. The lowest BCUT2D eigenvalue weighted by Gasteiger charge is -2.08. The molecule has 0 unspecified atom stereocenters. The molecule has 24 heavy (non-hydrogen) atoms. The molecule has 0 saturated carbocycles. The molecule has 3 rings (SSSR count). The standard InChI is InChI=1S/C17H16N2O4S/c1-10-3-5-12(6-4-10)23-8-7-19-9-18-15-13(16(19)20)11(2)14(24-15)17(21)22/h3-6,9H,7-8H2,1-2H3,(H,21,22). The number of benzene rings is 1. The van der Waals surface area contributed by atoms with Gasteiger partial charge in [0.15, 0.2) is 0 Å². The summed E-state index contributed by atoms with van der Waals surface area (Å²) in [5.41, 5.74) is 1.37. The van der Waals surface area contributed by atoms with Gasteiger partial charge in [0.2, 0.25) is 0 Å². The van der Waals surface area contributed by atoms with Crippen molar-refractivity contribution in [3.63, 3.8) is 0 Å². The van der Waals surface area contributed by atoms with E-state index in [1.54, 1.807) is 6.92 Å². The molecule has 3 aromatic rings. The SMILES string of the molecule is Cc1ccc(OCCn2cnc3sc(C(=O)O)c(C)c3c2=O)cc1. The fourth-order valence-corrected chi connectivity index (χ4v) is 3.40. The second-order valence-corrected chi connectivity index (χ2v) is 6.45.